The molecule has 0 bridgehead atoms. The van der Waals surface area contributed by atoms with Gasteiger partial charge in [0.25, 0.3) is 0 Å². The molecular weight excluding hydrogens is 232 g/mol. The van der Waals surface area contributed by atoms with Crippen molar-refractivity contribution in [2.45, 2.75) is 52.0 Å². The quantitative estimate of drug-likeness (QED) is 0.876. The van der Waals surface area contributed by atoms with Gasteiger partial charge in [0.1, 0.15) is 0 Å². The summed E-state index contributed by atoms with van der Waals surface area (Å²) in [5.74, 6) is 0. The van der Waals surface area contributed by atoms with Crippen molar-refractivity contribution in [2.75, 3.05) is 25.0 Å². The third-order valence-electron chi connectivity index (χ3n) is 4.31. The van der Waals surface area contributed by atoms with Gasteiger partial charge in [0.2, 0.25) is 0 Å². The topological polar surface area (TPSA) is 15.3 Å². The van der Waals surface area contributed by atoms with Gasteiger partial charge >= 0.3 is 0 Å². The summed E-state index contributed by atoms with van der Waals surface area (Å²) >= 11 is 0. The van der Waals surface area contributed by atoms with Crippen molar-refractivity contribution in [1.29, 1.82) is 0 Å². The maximum absolute atomic E-state index is 3.39. The summed E-state index contributed by atoms with van der Waals surface area (Å²) in [5, 5.41) is 3.39. The molecule has 0 unspecified atom stereocenters. The minimum absolute atomic E-state index is 0.239. The number of hydrogen-bond donors (Lipinski definition) is 1. The van der Waals surface area contributed by atoms with Crippen molar-refractivity contribution < 1.29 is 0 Å². The fourth-order valence-corrected chi connectivity index (χ4v) is 2.89. The number of nitrogens with zero attached hydrogens (tertiary/aromatic N) is 1. The van der Waals surface area contributed by atoms with Gasteiger partial charge < -0.3 is 10.2 Å². The molecule has 1 N–H and O–H groups in total. The molecule has 0 aromatic heterocycles. The number of anilines is 1. The van der Waals surface area contributed by atoms with Crippen molar-refractivity contribution >= 4 is 5.69 Å². The second kappa shape index (κ2) is 5.54. The molecule has 0 amide bonds. The Morgan fingerprint density at radius 1 is 1.16 bits per heavy atom. The van der Waals surface area contributed by atoms with Gasteiger partial charge in [-0.25, -0.2) is 0 Å². The molecule has 1 heterocycles. The molecule has 19 heavy (non-hydrogen) atoms. The highest BCUT2D eigenvalue weighted by atomic mass is 15.1. The second-order valence-corrected chi connectivity index (χ2v) is 6.80. The van der Waals surface area contributed by atoms with Crippen molar-refractivity contribution in [3.63, 3.8) is 0 Å². The lowest BCUT2D eigenvalue weighted by Crippen LogP contribution is -2.41. The minimum atomic E-state index is 0.239. The lowest BCUT2D eigenvalue weighted by molar-refractivity contribution is 0.442. The largest absolute Gasteiger partial charge is 0.371 e. The fraction of sp³-hybridized carbons (Fsp3) is 0.647. The van der Waals surface area contributed by atoms with Crippen LogP contribution in [0.25, 0.3) is 0 Å². The van der Waals surface area contributed by atoms with Gasteiger partial charge in [0.15, 0.2) is 0 Å². The Labute approximate surface area is 118 Å². The molecule has 2 heteroatoms. The summed E-state index contributed by atoms with van der Waals surface area (Å²) < 4.78 is 0. The first-order valence-corrected chi connectivity index (χ1v) is 7.45. The normalized spacial score (nSPS) is 17.8. The van der Waals surface area contributed by atoms with Crippen LogP contribution in [0.3, 0.4) is 0 Å². The van der Waals surface area contributed by atoms with Crippen LogP contribution in [-0.4, -0.2) is 26.2 Å². The SMILES string of the molecule is CNC1CCN(c2ccc(C(C)(C)C)cc2C)CC1. The van der Waals surface area contributed by atoms with Gasteiger partial charge in [-0.15, -0.1) is 0 Å². The first-order chi connectivity index (χ1) is 8.91. The maximum Gasteiger partial charge on any atom is 0.0396 e. The summed E-state index contributed by atoms with van der Waals surface area (Å²) in [5.41, 5.74) is 4.50. The van der Waals surface area contributed by atoms with Crippen LogP contribution in [0.2, 0.25) is 0 Å². The maximum atomic E-state index is 3.39. The zero-order chi connectivity index (χ0) is 14.0. The van der Waals surface area contributed by atoms with E-state index in [0.717, 1.165) is 0 Å². The van der Waals surface area contributed by atoms with Crippen molar-refractivity contribution in [3.05, 3.63) is 29.3 Å². The Morgan fingerprint density at radius 3 is 2.26 bits per heavy atom. The van der Waals surface area contributed by atoms with E-state index in [9.17, 15) is 0 Å². The van der Waals surface area contributed by atoms with Crippen molar-refractivity contribution in [3.8, 4) is 0 Å². The second-order valence-electron chi connectivity index (χ2n) is 6.80. The minimum Gasteiger partial charge on any atom is -0.371 e. The summed E-state index contributed by atoms with van der Waals surface area (Å²) in [7, 11) is 2.07. The Bertz CT molecular complexity index is 423. The number of benzene rings is 1. The molecule has 0 atom stereocenters. The molecule has 1 saturated heterocycles. The molecule has 2 rings (SSSR count). The predicted molar refractivity (Wildman–Crippen MR) is 84.2 cm³/mol. The van der Waals surface area contributed by atoms with Gasteiger partial charge in [0.05, 0.1) is 0 Å². The van der Waals surface area contributed by atoms with E-state index in [-0.39, 0.29) is 5.41 Å². The van der Waals surface area contributed by atoms with Crippen LogP contribution >= 0.6 is 0 Å². The molecule has 1 aromatic carbocycles. The van der Waals surface area contributed by atoms with Crippen LogP contribution in [0.15, 0.2) is 18.2 Å². The lowest BCUT2D eigenvalue weighted by atomic mass is 9.86. The van der Waals surface area contributed by atoms with E-state index in [2.05, 4.69) is 63.2 Å². The van der Waals surface area contributed by atoms with Crippen molar-refractivity contribution in [2.24, 2.45) is 0 Å². The summed E-state index contributed by atoms with van der Waals surface area (Å²) in [4.78, 5) is 2.54. The molecule has 0 aliphatic carbocycles. The van der Waals surface area contributed by atoms with E-state index in [4.69, 9.17) is 0 Å². The fourth-order valence-electron chi connectivity index (χ4n) is 2.89. The highest BCUT2D eigenvalue weighted by Gasteiger charge is 2.20. The van der Waals surface area contributed by atoms with E-state index >= 15 is 0 Å². The predicted octanol–water partition coefficient (Wildman–Crippen LogP) is 3.48. The van der Waals surface area contributed by atoms with Crippen LogP contribution in [-0.2, 0) is 5.41 Å². The standard InChI is InChI=1S/C17H28N2/c1-13-12-14(17(2,3)4)6-7-16(13)19-10-8-15(18-5)9-11-19/h6-7,12,15,18H,8-11H2,1-5H3. The molecular formula is C17H28N2. The zero-order valence-electron chi connectivity index (χ0n) is 13.1. The van der Waals surface area contributed by atoms with Crippen molar-refractivity contribution in [1.82, 2.24) is 5.32 Å². The van der Waals surface area contributed by atoms with E-state index in [1.54, 1.807) is 0 Å². The first kappa shape index (κ1) is 14.4. The van der Waals surface area contributed by atoms with E-state index in [1.807, 2.05) is 0 Å². The zero-order valence-corrected chi connectivity index (χ0v) is 13.1. The molecule has 106 valence electrons. The van der Waals surface area contributed by atoms with Gasteiger partial charge in [-0.1, -0.05) is 32.9 Å². The van der Waals surface area contributed by atoms with Crippen LogP contribution < -0.4 is 10.2 Å². The van der Waals surface area contributed by atoms with E-state index < -0.39 is 0 Å². The average molecular weight is 260 g/mol. The Kier molecular flexibility index (Phi) is 4.19. The van der Waals surface area contributed by atoms with Crippen LogP contribution in [0, 0.1) is 6.92 Å². The number of nitrogens with one attached hydrogen (secondary N) is 1. The summed E-state index contributed by atoms with van der Waals surface area (Å²) in [6, 6.07) is 7.67. The molecule has 1 fully saturated rings. The van der Waals surface area contributed by atoms with E-state index in [1.165, 1.54) is 42.7 Å². The van der Waals surface area contributed by atoms with Crippen LogP contribution in [0.5, 0.6) is 0 Å². The third-order valence-corrected chi connectivity index (χ3v) is 4.31. The molecule has 0 radical (unpaired) electrons. The van der Waals surface area contributed by atoms with Gasteiger partial charge in [-0.3, -0.25) is 0 Å². The number of rotatable bonds is 2. The van der Waals surface area contributed by atoms with Gasteiger partial charge in [-0.2, -0.15) is 0 Å². The number of piperidine rings is 1. The number of hydrogen-bond acceptors (Lipinski definition) is 2. The Balaban J connectivity index is 2.14. The molecule has 1 aliphatic rings. The molecule has 1 aliphatic heterocycles. The van der Waals surface area contributed by atoms with Crippen LogP contribution in [0.4, 0.5) is 5.69 Å². The summed E-state index contributed by atoms with van der Waals surface area (Å²) in [6.45, 7) is 11.4. The van der Waals surface area contributed by atoms with Gasteiger partial charge in [0, 0.05) is 24.8 Å². The Morgan fingerprint density at radius 2 is 1.79 bits per heavy atom. The summed E-state index contributed by atoms with van der Waals surface area (Å²) in [6.07, 6.45) is 2.49. The Hall–Kier alpha value is -1.02. The van der Waals surface area contributed by atoms with E-state index in [0.29, 0.717) is 6.04 Å². The first-order valence-electron chi connectivity index (χ1n) is 7.45. The van der Waals surface area contributed by atoms with Gasteiger partial charge in [-0.05, 0) is 49.4 Å². The molecule has 0 saturated carbocycles. The third kappa shape index (κ3) is 3.30. The highest BCUT2D eigenvalue weighted by molar-refractivity contribution is 5.55. The molecule has 1 aromatic rings. The lowest BCUT2D eigenvalue weighted by Gasteiger charge is -2.35. The highest BCUT2D eigenvalue weighted by Crippen LogP contribution is 2.29. The molecule has 2 nitrogen and oxygen atoms in total. The molecule has 0 spiro atoms. The van der Waals surface area contributed by atoms with Crippen LogP contribution in [0.1, 0.15) is 44.7 Å². The number of aryl methyl sites for hydroxylation is 1. The smallest absolute Gasteiger partial charge is 0.0396 e. The monoisotopic (exact) mass is 260 g/mol. The average Bonchev–Trinajstić information content (AvgIpc) is 2.38.